The number of fused-ring (bicyclic) bond motifs is 5. The van der Waals surface area contributed by atoms with Gasteiger partial charge in [-0.1, -0.05) is 32.9 Å². The minimum absolute atomic E-state index is 0.357. The van der Waals surface area contributed by atoms with E-state index in [1.165, 1.54) is 50.5 Å². The van der Waals surface area contributed by atoms with Crippen LogP contribution in [0.2, 0.25) is 0 Å². The quantitative estimate of drug-likeness (QED) is 0.563. The van der Waals surface area contributed by atoms with Crippen molar-refractivity contribution in [3.05, 3.63) is 12.2 Å². The van der Waals surface area contributed by atoms with Crippen molar-refractivity contribution >= 4 is 0 Å². The number of rotatable bonds is 3. The Morgan fingerprint density at radius 3 is 2.42 bits per heavy atom. The molecule has 0 unspecified atom stereocenters. The summed E-state index contributed by atoms with van der Waals surface area (Å²) in [7, 11) is 0. The Morgan fingerprint density at radius 2 is 1.73 bits per heavy atom. The van der Waals surface area contributed by atoms with E-state index in [0.717, 1.165) is 54.8 Å². The molecule has 8 atom stereocenters. The van der Waals surface area contributed by atoms with Gasteiger partial charge in [-0.05, 0) is 118 Å². The molecule has 4 saturated carbocycles. The van der Waals surface area contributed by atoms with E-state index in [0.29, 0.717) is 11.3 Å². The molecule has 1 heteroatoms. The van der Waals surface area contributed by atoms with Crippen molar-refractivity contribution in [1.82, 2.24) is 0 Å². The van der Waals surface area contributed by atoms with E-state index >= 15 is 0 Å². The molecule has 4 rings (SSSR count). The molecule has 4 fully saturated rings. The van der Waals surface area contributed by atoms with E-state index in [2.05, 4.69) is 34.3 Å². The Balaban J connectivity index is 1.49. The SMILES string of the molecule is C=C(C)[C@H]1CC[C@H]2[C@@H]3CC[C@@H]4C[C@@](O)(CC(C)C)CC[C@@H]4[C@H]3CC[C@]12C. The van der Waals surface area contributed by atoms with Crippen LogP contribution in [0, 0.1) is 46.8 Å². The highest BCUT2D eigenvalue weighted by Gasteiger charge is 2.57. The summed E-state index contributed by atoms with van der Waals surface area (Å²) in [6.07, 6.45) is 13.0. The molecule has 4 aliphatic carbocycles. The Bertz CT molecular complexity index is 550. The highest BCUT2D eigenvalue weighted by Crippen LogP contribution is 2.65. The molecule has 0 amide bonds. The first-order chi connectivity index (χ1) is 12.2. The highest BCUT2D eigenvalue weighted by atomic mass is 16.3. The van der Waals surface area contributed by atoms with Crippen LogP contribution in [0.4, 0.5) is 0 Å². The Labute approximate surface area is 162 Å². The van der Waals surface area contributed by atoms with Gasteiger partial charge in [0.1, 0.15) is 0 Å². The van der Waals surface area contributed by atoms with Crippen molar-refractivity contribution in [2.45, 2.75) is 97.5 Å². The molecule has 0 aromatic heterocycles. The van der Waals surface area contributed by atoms with Crippen molar-refractivity contribution < 1.29 is 5.11 Å². The fourth-order valence-corrected chi connectivity index (χ4v) is 8.72. The summed E-state index contributed by atoms with van der Waals surface area (Å²) >= 11 is 0. The van der Waals surface area contributed by atoms with Crippen LogP contribution in [-0.4, -0.2) is 10.7 Å². The first-order valence-electron chi connectivity index (χ1n) is 11.6. The number of aliphatic hydroxyl groups is 1. The molecule has 148 valence electrons. The van der Waals surface area contributed by atoms with E-state index in [-0.39, 0.29) is 5.60 Å². The van der Waals surface area contributed by atoms with E-state index < -0.39 is 0 Å². The average Bonchev–Trinajstić information content (AvgIpc) is 2.90. The summed E-state index contributed by atoms with van der Waals surface area (Å²) in [6.45, 7) is 13.8. The fourth-order valence-electron chi connectivity index (χ4n) is 8.72. The maximum atomic E-state index is 11.2. The van der Waals surface area contributed by atoms with E-state index in [1.54, 1.807) is 0 Å². The van der Waals surface area contributed by atoms with Gasteiger partial charge in [-0.3, -0.25) is 0 Å². The third-order valence-corrected chi connectivity index (χ3v) is 9.49. The van der Waals surface area contributed by atoms with Crippen LogP contribution < -0.4 is 0 Å². The zero-order valence-electron chi connectivity index (χ0n) is 17.8. The average molecular weight is 359 g/mol. The predicted molar refractivity (Wildman–Crippen MR) is 110 cm³/mol. The van der Waals surface area contributed by atoms with Crippen molar-refractivity contribution in [3.8, 4) is 0 Å². The zero-order chi connectivity index (χ0) is 18.7. The highest BCUT2D eigenvalue weighted by molar-refractivity contribution is 5.14. The molecule has 1 N–H and O–H groups in total. The minimum atomic E-state index is -0.357. The van der Waals surface area contributed by atoms with Crippen LogP contribution in [0.3, 0.4) is 0 Å². The summed E-state index contributed by atoms with van der Waals surface area (Å²) in [4.78, 5) is 0. The van der Waals surface area contributed by atoms with Crippen LogP contribution in [0.1, 0.15) is 91.9 Å². The van der Waals surface area contributed by atoms with Gasteiger partial charge in [-0.25, -0.2) is 0 Å². The van der Waals surface area contributed by atoms with Gasteiger partial charge in [0.25, 0.3) is 0 Å². The fraction of sp³-hybridized carbons (Fsp3) is 0.920. The lowest BCUT2D eigenvalue weighted by Crippen LogP contribution is -2.51. The van der Waals surface area contributed by atoms with Crippen LogP contribution in [-0.2, 0) is 0 Å². The number of allylic oxidation sites excluding steroid dienone is 1. The minimum Gasteiger partial charge on any atom is -0.390 e. The van der Waals surface area contributed by atoms with Crippen molar-refractivity contribution in [2.24, 2.45) is 46.8 Å². The predicted octanol–water partition coefficient (Wildman–Crippen LogP) is 6.61. The number of hydrogen-bond donors (Lipinski definition) is 1. The molecule has 0 radical (unpaired) electrons. The molecule has 0 aliphatic heterocycles. The zero-order valence-corrected chi connectivity index (χ0v) is 17.8. The second kappa shape index (κ2) is 6.64. The van der Waals surface area contributed by atoms with Gasteiger partial charge in [-0.15, -0.1) is 0 Å². The van der Waals surface area contributed by atoms with Crippen LogP contribution in [0.5, 0.6) is 0 Å². The van der Waals surface area contributed by atoms with Gasteiger partial charge in [0.05, 0.1) is 5.60 Å². The van der Waals surface area contributed by atoms with E-state index in [1.807, 2.05) is 0 Å². The molecule has 4 aliphatic rings. The molecule has 26 heavy (non-hydrogen) atoms. The Kier molecular flexibility index (Phi) is 4.86. The summed E-state index contributed by atoms with van der Waals surface area (Å²) in [5, 5.41) is 11.2. The second-order valence-corrected chi connectivity index (χ2v) is 11.5. The molecule has 0 aromatic carbocycles. The maximum absolute atomic E-state index is 11.2. The first-order valence-corrected chi connectivity index (χ1v) is 11.6. The topological polar surface area (TPSA) is 20.2 Å². The standard InChI is InChI=1S/C25H42O/c1-16(2)14-25(26)13-11-19-18(15-25)6-7-21-20(19)10-12-24(5)22(17(3)4)8-9-23(21)24/h16,18-23,26H,3,6-15H2,1-2,4-5H3/t18-,19+,20-,21-,22-,23+,24-,25+/m1/s1. The van der Waals surface area contributed by atoms with Crippen molar-refractivity contribution in [2.75, 3.05) is 0 Å². The van der Waals surface area contributed by atoms with Crippen molar-refractivity contribution in [3.63, 3.8) is 0 Å². The molecule has 0 spiro atoms. The van der Waals surface area contributed by atoms with Gasteiger partial charge in [0, 0.05) is 0 Å². The monoisotopic (exact) mass is 358 g/mol. The summed E-state index contributed by atoms with van der Waals surface area (Å²) in [5.41, 5.74) is 1.62. The molecule has 0 bridgehead atoms. The van der Waals surface area contributed by atoms with Gasteiger partial charge in [0.15, 0.2) is 0 Å². The Hall–Kier alpha value is -0.300. The normalized spacial score (nSPS) is 50.8. The van der Waals surface area contributed by atoms with Gasteiger partial charge in [-0.2, -0.15) is 0 Å². The summed E-state index contributed by atoms with van der Waals surface area (Å²) in [5.74, 6) is 5.97. The lowest BCUT2D eigenvalue weighted by atomic mass is 9.48. The lowest BCUT2D eigenvalue weighted by molar-refractivity contribution is -0.109. The third-order valence-electron chi connectivity index (χ3n) is 9.49. The molecule has 0 saturated heterocycles. The van der Waals surface area contributed by atoms with Crippen LogP contribution >= 0.6 is 0 Å². The maximum Gasteiger partial charge on any atom is 0.0653 e. The van der Waals surface area contributed by atoms with E-state index in [4.69, 9.17) is 0 Å². The lowest BCUT2D eigenvalue weighted by Gasteiger charge is -2.57. The van der Waals surface area contributed by atoms with Crippen LogP contribution in [0.15, 0.2) is 12.2 Å². The number of hydrogen-bond acceptors (Lipinski definition) is 1. The molecular formula is C25H42O. The largest absolute Gasteiger partial charge is 0.390 e. The van der Waals surface area contributed by atoms with Gasteiger partial charge >= 0.3 is 0 Å². The second-order valence-electron chi connectivity index (χ2n) is 11.5. The third kappa shape index (κ3) is 3.01. The van der Waals surface area contributed by atoms with Crippen LogP contribution in [0.25, 0.3) is 0 Å². The molecule has 0 aromatic rings. The van der Waals surface area contributed by atoms with E-state index in [9.17, 15) is 5.11 Å². The molecule has 0 heterocycles. The first kappa shape index (κ1) is 19.0. The smallest absolute Gasteiger partial charge is 0.0653 e. The molecule has 1 nitrogen and oxygen atoms in total. The molecular weight excluding hydrogens is 316 g/mol. The summed E-state index contributed by atoms with van der Waals surface area (Å²) < 4.78 is 0. The Morgan fingerprint density at radius 1 is 1.00 bits per heavy atom. The van der Waals surface area contributed by atoms with Crippen molar-refractivity contribution in [1.29, 1.82) is 0 Å². The summed E-state index contributed by atoms with van der Waals surface area (Å²) in [6, 6.07) is 0. The van der Waals surface area contributed by atoms with Gasteiger partial charge in [0.2, 0.25) is 0 Å². The van der Waals surface area contributed by atoms with Gasteiger partial charge < -0.3 is 5.11 Å².